The smallest absolute Gasteiger partial charge is 0.144 e. The van der Waals surface area contributed by atoms with Crippen molar-refractivity contribution < 1.29 is 0 Å². The second kappa shape index (κ2) is 5.49. The molecule has 1 rings (SSSR count). The first kappa shape index (κ1) is 10.8. The van der Waals surface area contributed by atoms with Crippen LogP contribution in [0.5, 0.6) is 0 Å². The molecular weight excluding hydrogens is 178 g/mol. The largest absolute Gasteiger partial charge is 0.402 e. The lowest BCUT2D eigenvalue weighted by atomic mass is 9.96. The van der Waals surface area contributed by atoms with Crippen LogP contribution in [0.1, 0.15) is 12.8 Å². The molecule has 6 N–H and O–H groups in total. The number of rotatable bonds is 3. The average Bonchev–Trinajstić information content (AvgIpc) is 2.19. The molecule has 0 aliphatic carbocycles. The van der Waals surface area contributed by atoms with Crippen molar-refractivity contribution in [2.75, 3.05) is 20.1 Å². The van der Waals surface area contributed by atoms with Crippen LogP contribution in [-0.2, 0) is 0 Å². The van der Waals surface area contributed by atoms with Gasteiger partial charge in [-0.05, 0) is 19.4 Å². The second-order valence-corrected chi connectivity index (χ2v) is 3.45. The topological polar surface area (TPSA) is 88.5 Å². The van der Waals surface area contributed by atoms with Crippen molar-refractivity contribution in [3.63, 3.8) is 0 Å². The summed E-state index contributed by atoms with van der Waals surface area (Å²) in [7, 11) is 1.71. The lowest BCUT2D eigenvalue weighted by Gasteiger charge is -2.22. The molecule has 1 atom stereocenters. The van der Waals surface area contributed by atoms with Gasteiger partial charge in [0.1, 0.15) is 5.84 Å². The van der Waals surface area contributed by atoms with E-state index in [0.717, 1.165) is 25.2 Å². The third-order valence-electron chi connectivity index (χ3n) is 2.32. The molecule has 80 valence electrons. The Kier molecular flexibility index (Phi) is 4.25. The van der Waals surface area contributed by atoms with Crippen molar-refractivity contribution in [2.45, 2.75) is 12.8 Å². The molecule has 14 heavy (non-hydrogen) atoms. The summed E-state index contributed by atoms with van der Waals surface area (Å²) < 4.78 is 0. The Morgan fingerprint density at radius 3 is 2.93 bits per heavy atom. The number of nitrogens with two attached hydrogens (primary N) is 2. The van der Waals surface area contributed by atoms with Gasteiger partial charge in [-0.2, -0.15) is 5.10 Å². The fourth-order valence-corrected chi connectivity index (χ4v) is 1.59. The van der Waals surface area contributed by atoms with Gasteiger partial charge >= 0.3 is 0 Å². The highest BCUT2D eigenvalue weighted by atomic mass is 15.3. The molecule has 1 heterocycles. The Morgan fingerprint density at radius 1 is 1.57 bits per heavy atom. The van der Waals surface area contributed by atoms with E-state index in [9.17, 15) is 0 Å². The van der Waals surface area contributed by atoms with Crippen LogP contribution in [0.15, 0.2) is 16.9 Å². The Balaban J connectivity index is 2.53. The number of piperidine rings is 1. The molecule has 1 aliphatic heterocycles. The zero-order chi connectivity index (χ0) is 10.4. The van der Waals surface area contributed by atoms with Crippen molar-refractivity contribution >= 4 is 5.84 Å². The van der Waals surface area contributed by atoms with Gasteiger partial charge in [-0.3, -0.25) is 0 Å². The summed E-state index contributed by atoms with van der Waals surface area (Å²) in [5.41, 5.74) is 15.0. The molecule has 0 radical (unpaired) electrons. The quantitative estimate of drug-likeness (QED) is 0.274. The van der Waals surface area contributed by atoms with Crippen LogP contribution in [0.4, 0.5) is 0 Å². The van der Waals surface area contributed by atoms with E-state index in [4.69, 9.17) is 11.5 Å². The summed E-state index contributed by atoms with van der Waals surface area (Å²) in [5, 5.41) is 7.13. The predicted octanol–water partition coefficient (Wildman–Crippen LogP) is -0.680. The fraction of sp³-hybridized carbons (Fsp3) is 0.667. The van der Waals surface area contributed by atoms with Crippen LogP contribution in [0.2, 0.25) is 0 Å². The van der Waals surface area contributed by atoms with E-state index in [1.807, 2.05) is 0 Å². The average molecular weight is 197 g/mol. The summed E-state index contributed by atoms with van der Waals surface area (Å²) >= 11 is 0. The number of hydrogen-bond donors (Lipinski definition) is 4. The number of hydrogen-bond acceptors (Lipinski definition) is 4. The highest BCUT2D eigenvalue weighted by Gasteiger charge is 2.15. The monoisotopic (exact) mass is 197 g/mol. The van der Waals surface area contributed by atoms with Crippen LogP contribution < -0.4 is 22.2 Å². The predicted molar refractivity (Wildman–Crippen MR) is 58.5 cm³/mol. The summed E-state index contributed by atoms with van der Waals surface area (Å²) in [6.07, 6.45) is 4.03. The molecule has 5 heteroatoms. The maximum Gasteiger partial charge on any atom is 0.144 e. The van der Waals surface area contributed by atoms with E-state index in [1.54, 1.807) is 13.1 Å². The van der Waals surface area contributed by atoms with Gasteiger partial charge in [0, 0.05) is 31.3 Å². The SMILES string of the molecule is CNN=C(N)C=C(N)C1CCCNC1. The van der Waals surface area contributed by atoms with E-state index in [1.165, 1.54) is 6.42 Å². The van der Waals surface area contributed by atoms with E-state index in [0.29, 0.717) is 11.8 Å². The van der Waals surface area contributed by atoms with Gasteiger partial charge in [-0.25, -0.2) is 0 Å². The summed E-state index contributed by atoms with van der Waals surface area (Å²) in [6.45, 7) is 2.03. The third-order valence-corrected chi connectivity index (χ3v) is 2.32. The number of hydrazone groups is 1. The molecule has 5 nitrogen and oxygen atoms in total. The van der Waals surface area contributed by atoms with Gasteiger partial charge in [0.2, 0.25) is 0 Å². The molecular formula is C9H19N5. The maximum absolute atomic E-state index is 5.91. The fourth-order valence-electron chi connectivity index (χ4n) is 1.59. The van der Waals surface area contributed by atoms with Crippen molar-refractivity contribution in [3.05, 3.63) is 11.8 Å². The van der Waals surface area contributed by atoms with Gasteiger partial charge in [0.15, 0.2) is 0 Å². The van der Waals surface area contributed by atoms with E-state index in [2.05, 4.69) is 15.8 Å². The highest BCUT2D eigenvalue weighted by Crippen LogP contribution is 2.14. The van der Waals surface area contributed by atoms with Crippen molar-refractivity contribution in [1.82, 2.24) is 10.7 Å². The van der Waals surface area contributed by atoms with Crippen LogP contribution >= 0.6 is 0 Å². The Labute approximate surface area is 84.6 Å². The summed E-state index contributed by atoms with van der Waals surface area (Å²) in [4.78, 5) is 0. The maximum atomic E-state index is 5.91. The minimum Gasteiger partial charge on any atom is -0.402 e. The number of nitrogens with zero attached hydrogens (tertiary/aromatic N) is 1. The first-order valence-electron chi connectivity index (χ1n) is 4.91. The minimum atomic E-state index is 0.398. The molecule has 1 unspecified atom stereocenters. The zero-order valence-corrected chi connectivity index (χ0v) is 8.59. The van der Waals surface area contributed by atoms with Gasteiger partial charge < -0.3 is 22.2 Å². The zero-order valence-electron chi connectivity index (χ0n) is 8.59. The van der Waals surface area contributed by atoms with Gasteiger partial charge in [0.05, 0.1) is 0 Å². The second-order valence-electron chi connectivity index (χ2n) is 3.45. The van der Waals surface area contributed by atoms with Crippen LogP contribution in [0.3, 0.4) is 0 Å². The number of amidine groups is 1. The van der Waals surface area contributed by atoms with Gasteiger partial charge in [-0.1, -0.05) is 0 Å². The first-order valence-corrected chi connectivity index (χ1v) is 4.91. The number of nitrogens with one attached hydrogen (secondary N) is 2. The van der Waals surface area contributed by atoms with Crippen LogP contribution in [0.25, 0.3) is 0 Å². The standard InChI is InChI=1S/C9H19N5/c1-12-14-9(11)5-8(10)7-3-2-4-13-6-7/h5,7,12-13H,2-4,6,10H2,1H3,(H2,11,14). The molecule has 1 aliphatic rings. The van der Waals surface area contributed by atoms with Crippen LogP contribution in [-0.4, -0.2) is 26.0 Å². The van der Waals surface area contributed by atoms with E-state index < -0.39 is 0 Å². The van der Waals surface area contributed by atoms with E-state index >= 15 is 0 Å². The molecule has 1 fully saturated rings. The van der Waals surface area contributed by atoms with Crippen LogP contribution in [0, 0.1) is 5.92 Å². The highest BCUT2D eigenvalue weighted by molar-refractivity contribution is 5.91. The molecule has 0 aromatic rings. The first-order chi connectivity index (χ1) is 6.74. The van der Waals surface area contributed by atoms with Gasteiger partial charge in [-0.15, -0.1) is 0 Å². The molecule has 0 aromatic carbocycles. The Bertz CT molecular complexity index is 227. The van der Waals surface area contributed by atoms with Crippen molar-refractivity contribution in [3.8, 4) is 0 Å². The minimum absolute atomic E-state index is 0.398. The summed E-state index contributed by atoms with van der Waals surface area (Å²) in [5.74, 6) is 0.824. The Hall–Kier alpha value is -1.23. The summed E-state index contributed by atoms with van der Waals surface area (Å²) in [6, 6.07) is 0. The normalized spacial score (nSPS) is 24.8. The third kappa shape index (κ3) is 3.26. The van der Waals surface area contributed by atoms with Gasteiger partial charge in [0.25, 0.3) is 0 Å². The lowest BCUT2D eigenvalue weighted by molar-refractivity contribution is 0.420. The molecule has 0 bridgehead atoms. The lowest BCUT2D eigenvalue weighted by Crippen LogP contribution is -2.33. The molecule has 0 saturated carbocycles. The Morgan fingerprint density at radius 2 is 2.36 bits per heavy atom. The molecule has 0 amide bonds. The van der Waals surface area contributed by atoms with Crippen molar-refractivity contribution in [1.29, 1.82) is 0 Å². The molecule has 1 saturated heterocycles. The van der Waals surface area contributed by atoms with Crippen molar-refractivity contribution in [2.24, 2.45) is 22.5 Å². The molecule has 0 spiro atoms. The molecule has 0 aromatic heterocycles. The van der Waals surface area contributed by atoms with E-state index in [-0.39, 0.29) is 0 Å².